The van der Waals surface area contributed by atoms with Crippen LogP contribution in [-0.2, 0) is 0 Å². The summed E-state index contributed by atoms with van der Waals surface area (Å²) in [7, 11) is 0. The van der Waals surface area contributed by atoms with Crippen LogP contribution in [0.4, 0.5) is 5.82 Å². The van der Waals surface area contributed by atoms with Crippen LogP contribution in [0.5, 0.6) is 0 Å². The average molecular weight is 260 g/mol. The number of aromatic nitrogens is 1. The van der Waals surface area contributed by atoms with E-state index in [4.69, 9.17) is 5.73 Å². The summed E-state index contributed by atoms with van der Waals surface area (Å²) in [6, 6.07) is 18.3. The number of rotatable bonds is 2. The standard InChI is InChI=1S/C18H16N2/c1-12(2)17-16(13-8-4-3-5-9-13)14-10-6-7-11-15(14)18(19)20-17/h3-11H,1H2,2H3,(H2,19,20). The van der Waals surface area contributed by atoms with Gasteiger partial charge in [-0.1, -0.05) is 61.2 Å². The van der Waals surface area contributed by atoms with Gasteiger partial charge in [-0.25, -0.2) is 4.98 Å². The summed E-state index contributed by atoms with van der Waals surface area (Å²) in [5.41, 5.74) is 10.1. The third-order valence-electron chi connectivity index (χ3n) is 3.41. The Bertz CT molecular complexity index is 789. The topological polar surface area (TPSA) is 38.9 Å². The number of nitrogen functional groups attached to an aromatic ring is 1. The van der Waals surface area contributed by atoms with Crippen LogP contribution in [0, 0.1) is 0 Å². The molecule has 1 aromatic heterocycles. The van der Waals surface area contributed by atoms with E-state index in [0.29, 0.717) is 5.82 Å². The summed E-state index contributed by atoms with van der Waals surface area (Å²) in [4.78, 5) is 4.56. The number of pyridine rings is 1. The van der Waals surface area contributed by atoms with E-state index in [-0.39, 0.29) is 0 Å². The van der Waals surface area contributed by atoms with Gasteiger partial charge in [0.1, 0.15) is 5.82 Å². The Morgan fingerprint density at radius 1 is 0.950 bits per heavy atom. The number of hydrogen-bond acceptors (Lipinski definition) is 2. The van der Waals surface area contributed by atoms with Crippen molar-refractivity contribution in [2.24, 2.45) is 0 Å². The Morgan fingerprint density at radius 3 is 2.20 bits per heavy atom. The minimum absolute atomic E-state index is 0.554. The van der Waals surface area contributed by atoms with E-state index in [1.165, 1.54) is 0 Å². The monoisotopic (exact) mass is 260 g/mol. The maximum atomic E-state index is 6.09. The predicted octanol–water partition coefficient (Wildman–Crippen LogP) is 4.52. The molecule has 0 radical (unpaired) electrons. The van der Waals surface area contributed by atoms with Crippen LogP contribution >= 0.6 is 0 Å². The highest BCUT2D eigenvalue weighted by atomic mass is 14.8. The lowest BCUT2D eigenvalue weighted by atomic mass is 9.95. The largest absolute Gasteiger partial charge is 0.383 e. The first kappa shape index (κ1) is 12.4. The molecule has 2 N–H and O–H groups in total. The summed E-state index contributed by atoms with van der Waals surface area (Å²) in [6.07, 6.45) is 0. The van der Waals surface area contributed by atoms with Crippen LogP contribution in [0.2, 0.25) is 0 Å². The molecule has 3 rings (SSSR count). The normalized spacial score (nSPS) is 10.7. The molecule has 0 amide bonds. The SMILES string of the molecule is C=C(C)c1nc(N)c2ccccc2c1-c1ccccc1. The van der Waals surface area contributed by atoms with Gasteiger partial charge >= 0.3 is 0 Å². The molecule has 0 saturated heterocycles. The van der Waals surface area contributed by atoms with Crippen molar-refractivity contribution < 1.29 is 0 Å². The zero-order chi connectivity index (χ0) is 14.1. The maximum absolute atomic E-state index is 6.09. The van der Waals surface area contributed by atoms with Crippen molar-refractivity contribution in [1.29, 1.82) is 0 Å². The molecule has 20 heavy (non-hydrogen) atoms. The van der Waals surface area contributed by atoms with Gasteiger partial charge in [-0.05, 0) is 23.4 Å². The molecule has 1 heterocycles. The van der Waals surface area contributed by atoms with E-state index in [0.717, 1.165) is 33.2 Å². The highest BCUT2D eigenvalue weighted by molar-refractivity contribution is 6.04. The molecule has 0 bridgehead atoms. The fourth-order valence-corrected chi connectivity index (χ4v) is 2.49. The van der Waals surface area contributed by atoms with Crippen LogP contribution in [0.25, 0.3) is 27.5 Å². The van der Waals surface area contributed by atoms with Crippen molar-refractivity contribution in [1.82, 2.24) is 4.98 Å². The molecule has 3 aromatic rings. The lowest BCUT2D eigenvalue weighted by Crippen LogP contribution is -1.99. The summed E-state index contributed by atoms with van der Waals surface area (Å²) < 4.78 is 0. The third kappa shape index (κ3) is 1.95. The smallest absolute Gasteiger partial charge is 0.132 e. The molecule has 0 spiro atoms. The van der Waals surface area contributed by atoms with E-state index in [1.54, 1.807) is 0 Å². The first-order chi connectivity index (χ1) is 9.68. The molecular weight excluding hydrogens is 244 g/mol. The van der Waals surface area contributed by atoms with E-state index < -0.39 is 0 Å². The lowest BCUT2D eigenvalue weighted by molar-refractivity contribution is 1.30. The zero-order valence-corrected chi connectivity index (χ0v) is 11.4. The number of hydrogen-bond donors (Lipinski definition) is 1. The molecule has 0 fully saturated rings. The molecule has 2 nitrogen and oxygen atoms in total. The fraction of sp³-hybridized carbons (Fsp3) is 0.0556. The second kappa shape index (κ2) is 4.82. The minimum Gasteiger partial charge on any atom is -0.383 e. The Hall–Kier alpha value is -2.61. The molecular formula is C18H16N2. The second-order valence-electron chi connectivity index (χ2n) is 4.91. The van der Waals surface area contributed by atoms with Crippen LogP contribution < -0.4 is 5.73 Å². The van der Waals surface area contributed by atoms with Gasteiger partial charge in [0.15, 0.2) is 0 Å². The van der Waals surface area contributed by atoms with Crippen molar-refractivity contribution in [3.63, 3.8) is 0 Å². The van der Waals surface area contributed by atoms with Gasteiger partial charge in [0.25, 0.3) is 0 Å². The van der Waals surface area contributed by atoms with Gasteiger partial charge in [0.2, 0.25) is 0 Å². The van der Waals surface area contributed by atoms with E-state index in [1.807, 2.05) is 43.3 Å². The highest BCUT2D eigenvalue weighted by Gasteiger charge is 2.14. The minimum atomic E-state index is 0.554. The number of allylic oxidation sites excluding steroid dienone is 1. The fourth-order valence-electron chi connectivity index (χ4n) is 2.49. The Kier molecular flexibility index (Phi) is 2.99. The van der Waals surface area contributed by atoms with E-state index >= 15 is 0 Å². The lowest BCUT2D eigenvalue weighted by Gasteiger charge is -2.14. The van der Waals surface area contributed by atoms with Crippen LogP contribution in [0.1, 0.15) is 12.6 Å². The summed E-state index contributed by atoms with van der Waals surface area (Å²) in [5.74, 6) is 0.554. The number of benzene rings is 2. The van der Waals surface area contributed by atoms with Gasteiger partial charge in [0.05, 0.1) is 5.69 Å². The summed E-state index contributed by atoms with van der Waals surface area (Å²) in [5, 5.41) is 2.10. The first-order valence-electron chi connectivity index (χ1n) is 6.58. The Morgan fingerprint density at radius 2 is 1.55 bits per heavy atom. The number of fused-ring (bicyclic) bond motifs is 1. The second-order valence-corrected chi connectivity index (χ2v) is 4.91. The van der Waals surface area contributed by atoms with Crippen LogP contribution in [0.15, 0.2) is 61.2 Å². The first-order valence-corrected chi connectivity index (χ1v) is 6.58. The van der Waals surface area contributed by atoms with Gasteiger partial charge < -0.3 is 5.73 Å². The number of anilines is 1. The molecule has 2 heteroatoms. The van der Waals surface area contributed by atoms with E-state index in [2.05, 4.69) is 29.8 Å². The predicted molar refractivity (Wildman–Crippen MR) is 86.3 cm³/mol. The van der Waals surface area contributed by atoms with E-state index in [9.17, 15) is 0 Å². The molecule has 0 aliphatic carbocycles. The Balaban J connectivity index is 2.47. The average Bonchev–Trinajstić information content (AvgIpc) is 2.48. The molecule has 98 valence electrons. The molecule has 0 unspecified atom stereocenters. The van der Waals surface area contributed by atoms with Crippen LogP contribution in [-0.4, -0.2) is 4.98 Å². The molecule has 0 saturated carbocycles. The van der Waals surface area contributed by atoms with Crippen molar-refractivity contribution in [2.45, 2.75) is 6.92 Å². The van der Waals surface area contributed by atoms with Crippen molar-refractivity contribution in [3.05, 3.63) is 66.9 Å². The maximum Gasteiger partial charge on any atom is 0.132 e. The number of nitrogens with two attached hydrogens (primary N) is 1. The Labute approximate surface area is 118 Å². The quantitative estimate of drug-likeness (QED) is 0.736. The highest BCUT2D eigenvalue weighted by Crippen LogP contribution is 2.35. The third-order valence-corrected chi connectivity index (χ3v) is 3.41. The summed E-state index contributed by atoms with van der Waals surface area (Å²) in [6.45, 7) is 6.00. The van der Waals surface area contributed by atoms with Gasteiger partial charge in [-0.2, -0.15) is 0 Å². The van der Waals surface area contributed by atoms with Gasteiger partial charge in [-0.3, -0.25) is 0 Å². The zero-order valence-electron chi connectivity index (χ0n) is 11.4. The summed E-state index contributed by atoms with van der Waals surface area (Å²) >= 11 is 0. The van der Waals surface area contributed by atoms with Gasteiger partial charge in [-0.15, -0.1) is 0 Å². The van der Waals surface area contributed by atoms with Crippen molar-refractivity contribution >= 4 is 22.2 Å². The molecule has 0 aliphatic rings. The number of nitrogens with zero attached hydrogens (tertiary/aromatic N) is 1. The van der Waals surface area contributed by atoms with Crippen LogP contribution in [0.3, 0.4) is 0 Å². The molecule has 0 aliphatic heterocycles. The van der Waals surface area contributed by atoms with Gasteiger partial charge in [0, 0.05) is 10.9 Å². The van der Waals surface area contributed by atoms with Crippen molar-refractivity contribution in [3.8, 4) is 11.1 Å². The van der Waals surface area contributed by atoms with Crippen molar-refractivity contribution in [2.75, 3.05) is 5.73 Å². The molecule has 2 aromatic carbocycles. The molecule has 0 atom stereocenters.